The van der Waals surface area contributed by atoms with Crippen LogP contribution in [0.4, 0.5) is 4.79 Å². The molecule has 3 rings (SSSR count). The number of aliphatic hydroxyl groups excluding tert-OH is 1. The first-order valence-electron chi connectivity index (χ1n) is 12.1. The van der Waals surface area contributed by atoms with Gasteiger partial charge in [-0.1, -0.05) is 49.6 Å². The Bertz CT molecular complexity index is 782. The van der Waals surface area contributed by atoms with Crippen LogP contribution in [-0.2, 0) is 16.1 Å². The average Bonchev–Trinajstić information content (AvgIpc) is 2.76. The Labute approximate surface area is 196 Å². The molecule has 8 heteroatoms. The number of carbonyl (C=O) groups excluding carboxylic acids is 1. The van der Waals surface area contributed by atoms with Gasteiger partial charge in [0.05, 0.1) is 23.8 Å². The van der Waals surface area contributed by atoms with Crippen molar-refractivity contribution >= 4 is 12.0 Å². The van der Waals surface area contributed by atoms with Crippen LogP contribution >= 0.6 is 0 Å². The van der Waals surface area contributed by atoms with Crippen LogP contribution in [0.15, 0.2) is 30.3 Å². The fourth-order valence-corrected chi connectivity index (χ4v) is 5.12. The van der Waals surface area contributed by atoms with E-state index in [1.807, 2.05) is 56.0 Å². The van der Waals surface area contributed by atoms with Crippen LogP contribution in [0.3, 0.4) is 0 Å². The summed E-state index contributed by atoms with van der Waals surface area (Å²) in [4.78, 5) is 32.1. The van der Waals surface area contributed by atoms with Crippen molar-refractivity contribution in [3.63, 3.8) is 0 Å². The summed E-state index contributed by atoms with van der Waals surface area (Å²) < 4.78 is 0. The molecule has 2 aliphatic rings. The number of carboxylic acid groups (broad SMARTS) is 1. The fourth-order valence-electron chi connectivity index (χ4n) is 5.12. The lowest BCUT2D eigenvalue weighted by Gasteiger charge is -2.46. The van der Waals surface area contributed by atoms with Crippen LogP contribution in [0.25, 0.3) is 0 Å². The summed E-state index contributed by atoms with van der Waals surface area (Å²) >= 11 is 0. The molecule has 1 heterocycles. The first-order valence-corrected chi connectivity index (χ1v) is 12.1. The fraction of sp³-hybridized carbons (Fsp3) is 0.680. The van der Waals surface area contributed by atoms with E-state index in [0.29, 0.717) is 18.3 Å². The maximum atomic E-state index is 13.1. The normalized spacial score (nSPS) is 25.5. The lowest BCUT2D eigenvalue weighted by Crippen LogP contribution is -2.59. The number of nitrogens with zero attached hydrogens (tertiary/aromatic N) is 1. The van der Waals surface area contributed by atoms with Gasteiger partial charge in [-0.05, 0) is 57.4 Å². The Kier molecular flexibility index (Phi) is 8.73. The average molecular weight is 462 g/mol. The van der Waals surface area contributed by atoms with Gasteiger partial charge in [-0.3, -0.25) is 14.5 Å². The maximum Gasteiger partial charge on any atom is 0.404 e. The number of rotatable bonds is 8. The van der Waals surface area contributed by atoms with Crippen molar-refractivity contribution in [1.82, 2.24) is 15.7 Å². The number of hydrogen-bond acceptors (Lipinski definition) is 5. The minimum absolute atomic E-state index is 0.202. The largest absolute Gasteiger partial charge is 0.465 e. The maximum absolute atomic E-state index is 13.1. The van der Waals surface area contributed by atoms with Gasteiger partial charge in [-0.2, -0.15) is 0 Å². The van der Waals surface area contributed by atoms with Crippen molar-refractivity contribution in [2.45, 2.75) is 83.1 Å². The van der Waals surface area contributed by atoms with Crippen molar-refractivity contribution in [1.29, 1.82) is 0 Å². The molecule has 0 aromatic heterocycles. The number of hydrogen-bond donors (Lipinski definition) is 4. The molecule has 1 aromatic carbocycles. The molecular formula is C25H39N3O5. The Hall–Kier alpha value is -2.16. The number of benzene rings is 1. The quantitative estimate of drug-likeness (QED) is 0.443. The Morgan fingerprint density at radius 3 is 2.45 bits per heavy atom. The van der Waals surface area contributed by atoms with E-state index in [-0.39, 0.29) is 12.5 Å². The van der Waals surface area contributed by atoms with Crippen molar-refractivity contribution in [3.05, 3.63) is 35.9 Å². The molecule has 0 unspecified atom stereocenters. The summed E-state index contributed by atoms with van der Waals surface area (Å²) in [6, 6.07) is 8.42. The van der Waals surface area contributed by atoms with Gasteiger partial charge in [0.15, 0.2) is 0 Å². The first-order chi connectivity index (χ1) is 15.6. The highest BCUT2D eigenvalue weighted by atomic mass is 16.7. The van der Waals surface area contributed by atoms with Crippen LogP contribution in [-0.4, -0.2) is 64.0 Å². The van der Waals surface area contributed by atoms with Crippen molar-refractivity contribution in [2.24, 2.45) is 11.8 Å². The number of nitrogens with one attached hydrogen (secondary N) is 2. The Balaban J connectivity index is 1.73. The van der Waals surface area contributed by atoms with E-state index in [2.05, 4.69) is 10.8 Å². The van der Waals surface area contributed by atoms with Gasteiger partial charge < -0.3 is 15.5 Å². The zero-order chi connectivity index (χ0) is 24.0. The SMILES string of the molecule is CC(C)(C)ONC(=O)[C@@H]1C[C@@H]2CCCC[C@@H]2CN1C[C@@H](O)[C@H](Cc1ccccc1)NC(=O)O. The van der Waals surface area contributed by atoms with Crippen LogP contribution in [0, 0.1) is 11.8 Å². The molecule has 1 aliphatic carbocycles. The molecule has 1 aromatic rings. The van der Waals surface area contributed by atoms with Crippen molar-refractivity contribution in [2.75, 3.05) is 13.1 Å². The first kappa shape index (κ1) is 25.5. The van der Waals surface area contributed by atoms with E-state index in [1.54, 1.807) is 0 Å². The van der Waals surface area contributed by atoms with Gasteiger partial charge in [-0.25, -0.2) is 10.3 Å². The predicted octanol–water partition coefficient (Wildman–Crippen LogP) is 2.95. The summed E-state index contributed by atoms with van der Waals surface area (Å²) in [5.74, 6) is 0.792. The van der Waals surface area contributed by atoms with Crippen LogP contribution in [0.2, 0.25) is 0 Å². The molecule has 2 fully saturated rings. The number of aliphatic hydroxyl groups is 1. The van der Waals surface area contributed by atoms with E-state index in [0.717, 1.165) is 31.4 Å². The summed E-state index contributed by atoms with van der Waals surface area (Å²) in [6.45, 7) is 6.56. The number of amides is 2. The monoisotopic (exact) mass is 461 g/mol. The van der Waals surface area contributed by atoms with E-state index in [4.69, 9.17) is 4.84 Å². The van der Waals surface area contributed by atoms with Gasteiger partial charge in [0, 0.05) is 13.1 Å². The molecule has 8 nitrogen and oxygen atoms in total. The molecule has 1 aliphatic heterocycles. The predicted molar refractivity (Wildman–Crippen MR) is 126 cm³/mol. The van der Waals surface area contributed by atoms with E-state index in [1.165, 1.54) is 12.8 Å². The van der Waals surface area contributed by atoms with E-state index >= 15 is 0 Å². The molecule has 0 radical (unpaired) electrons. The highest BCUT2D eigenvalue weighted by molar-refractivity contribution is 5.81. The summed E-state index contributed by atoms with van der Waals surface area (Å²) in [7, 11) is 0. The van der Waals surface area contributed by atoms with Crippen LogP contribution < -0.4 is 10.8 Å². The number of β-amino-alcohol motifs (C(OH)–C–C–N with tert-alkyl or cyclic N) is 1. The van der Waals surface area contributed by atoms with E-state index < -0.39 is 29.9 Å². The molecule has 5 atom stereocenters. The van der Waals surface area contributed by atoms with Gasteiger partial charge in [0.2, 0.25) is 0 Å². The molecular weight excluding hydrogens is 422 g/mol. The Morgan fingerprint density at radius 2 is 1.82 bits per heavy atom. The number of piperidine rings is 1. The summed E-state index contributed by atoms with van der Waals surface area (Å²) in [5, 5.41) is 22.9. The second-order valence-corrected chi connectivity index (χ2v) is 10.5. The topological polar surface area (TPSA) is 111 Å². The lowest BCUT2D eigenvalue weighted by molar-refractivity contribution is -0.155. The van der Waals surface area contributed by atoms with Gasteiger partial charge in [-0.15, -0.1) is 0 Å². The molecule has 0 bridgehead atoms. The smallest absolute Gasteiger partial charge is 0.404 e. The zero-order valence-electron chi connectivity index (χ0n) is 20.0. The van der Waals surface area contributed by atoms with Gasteiger partial charge >= 0.3 is 6.09 Å². The van der Waals surface area contributed by atoms with Crippen molar-refractivity contribution < 1.29 is 24.6 Å². The molecule has 184 valence electrons. The number of hydroxylamine groups is 1. The number of fused-ring (bicyclic) bond motifs is 1. The molecule has 1 saturated carbocycles. The highest BCUT2D eigenvalue weighted by Gasteiger charge is 2.41. The zero-order valence-corrected chi connectivity index (χ0v) is 20.0. The third kappa shape index (κ3) is 7.69. The minimum atomic E-state index is -1.17. The minimum Gasteiger partial charge on any atom is -0.465 e. The van der Waals surface area contributed by atoms with E-state index in [9.17, 15) is 19.8 Å². The van der Waals surface area contributed by atoms with Gasteiger partial charge in [0.1, 0.15) is 0 Å². The van der Waals surface area contributed by atoms with Crippen LogP contribution in [0.5, 0.6) is 0 Å². The molecule has 1 saturated heterocycles. The third-order valence-corrected chi connectivity index (χ3v) is 6.76. The Morgan fingerprint density at radius 1 is 1.15 bits per heavy atom. The number of likely N-dealkylation sites (tertiary alicyclic amines) is 1. The van der Waals surface area contributed by atoms with Crippen LogP contribution in [0.1, 0.15) is 58.4 Å². The van der Waals surface area contributed by atoms with Gasteiger partial charge in [0.25, 0.3) is 5.91 Å². The molecule has 4 N–H and O–H groups in total. The summed E-state index contributed by atoms with van der Waals surface area (Å²) in [6.07, 6.45) is 3.61. The number of carbonyl (C=O) groups is 2. The second-order valence-electron chi connectivity index (χ2n) is 10.5. The molecule has 2 amide bonds. The molecule has 33 heavy (non-hydrogen) atoms. The molecule has 0 spiro atoms. The van der Waals surface area contributed by atoms with Crippen molar-refractivity contribution in [3.8, 4) is 0 Å². The second kappa shape index (κ2) is 11.3. The standard InChI is InChI=1S/C25H39N3O5/c1-25(2,3)33-27-23(30)21-14-18-11-7-8-12-19(18)15-28(21)16-22(29)20(26-24(31)32)13-17-9-5-4-6-10-17/h4-6,9-10,18-22,26,29H,7-8,11-16H2,1-3H3,(H,27,30)(H,31,32)/t18-,19+,20-,21-,22+/m0/s1. The highest BCUT2D eigenvalue weighted by Crippen LogP contribution is 2.38. The third-order valence-electron chi connectivity index (χ3n) is 6.76. The summed E-state index contributed by atoms with van der Waals surface area (Å²) in [5.41, 5.74) is 3.05. The lowest BCUT2D eigenvalue weighted by atomic mass is 9.72.